The highest BCUT2D eigenvalue weighted by Crippen LogP contribution is 2.29. The van der Waals surface area contributed by atoms with Gasteiger partial charge in [-0.15, -0.1) is 0 Å². The van der Waals surface area contributed by atoms with Gasteiger partial charge in [-0.3, -0.25) is 14.5 Å². The van der Waals surface area contributed by atoms with Crippen LogP contribution in [0.5, 0.6) is 0 Å². The van der Waals surface area contributed by atoms with E-state index in [1.807, 2.05) is 12.1 Å². The number of nitrogens with zero attached hydrogens (tertiary/aromatic N) is 2. The first-order chi connectivity index (χ1) is 14.8. The molecule has 0 saturated carbocycles. The van der Waals surface area contributed by atoms with Gasteiger partial charge in [-0.1, -0.05) is 30.3 Å². The lowest BCUT2D eigenvalue weighted by molar-refractivity contribution is -0.137. The Labute approximate surface area is 177 Å². The standard InChI is InChI=1S/C23H22F3N3O2/c24-23(25,26)17-8-6-16(7-9-17)15-28-10-3-11-29(13-12-28)22(31)19-14-21(30)27-20-5-2-1-4-18(19)20/h1-2,4-9,14H,3,10-13,15H2,(H,27,30). The number of para-hydroxylation sites is 1. The van der Waals surface area contributed by atoms with Gasteiger partial charge in [0, 0.05) is 49.7 Å². The fourth-order valence-corrected chi connectivity index (χ4v) is 3.94. The molecule has 1 aliphatic heterocycles. The Morgan fingerprint density at radius 3 is 2.45 bits per heavy atom. The summed E-state index contributed by atoms with van der Waals surface area (Å²) < 4.78 is 38.2. The molecule has 162 valence electrons. The number of nitrogens with one attached hydrogen (secondary N) is 1. The molecule has 1 amide bonds. The number of aromatic nitrogens is 1. The maximum Gasteiger partial charge on any atom is 0.416 e. The van der Waals surface area contributed by atoms with Crippen molar-refractivity contribution in [2.24, 2.45) is 0 Å². The van der Waals surface area contributed by atoms with Gasteiger partial charge in [-0.2, -0.15) is 13.2 Å². The number of alkyl halides is 3. The van der Waals surface area contributed by atoms with Crippen molar-refractivity contribution in [3.05, 3.63) is 81.6 Å². The van der Waals surface area contributed by atoms with Gasteiger partial charge >= 0.3 is 6.18 Å². The summed E-state index contributed by atoms with van der Waals surface area (Å²) in [7, 11) is 0. The average Bonchev–Trinajstić information content (AvgIpc) is 2.98. The van der Waals surface area contributed by atoms with Gasteiger partial charge in [-0.05, 0) is 30.2 Å². The SMILES string of the molecule is O=C(c1cc(=O)[nH]c2ccccc12)N1CCCN(Cc2ccc(C(F)(F)F)cc2)CC1. The van der Waals surface area contributed by atoms with Crippen molar-refractivity contribution >= 4 is 16.8 Å². The molecule has 1 aliphatic rings. The van der Waals surface area contributed by atoms with Crippen LogP contribution in [-0.4, -0.2) is 46.9 Å². The molecular weight excluding hydrogens is 407 g/mol. The van der Waals surface area contributed by atoms with E-state index in [0.717, 1.165) is 30.7 Å². The van der Waals surface area contributed by atoms with Gasteiger partial charge < -0.3 is 9.88 Å². The summed E-state index contributed by atoms with van der Waals surface area (Å²) >= 11 is 0. The number of benzene rings is 2. The lowest BCUT2D eigenvalue weighted by Crippen LogP contribution is -2.35. The molecule has 4 rings (SSSR count). The molecule has 2 heterocycles. The van der Waals surface area contributed by atoms with Gasteiger partial charge in [0.15, 0.2) is 0 Å². The zero-order valence-corrected chi connectivity index (χ0v) is 16.8. The van der Waals surface area contributed by atoms with E-state index in [9.17, 15) is 22.8 Å². The Hall–Kier alpha value is -3.13. The number of amides is 1. The second-order valence-corrected chi connectivity index (χ2v) is 7.71. The van der Waals surface area contributed by atoms with Crippen molar-refractivity contribution < 1.29 is 18.0 Å². The Balaban J connectivity index is 1.45. The minimum atomic E-state index is -4.34. The lowest BCUT2D eigenvalue weighted by Gasteiger charge is -2.22. The first kappa shape index (κ1) is 21.1. The van der Waals surface area contributed by atoms with Crippen molar-refractivity contribution in [3.8, 4) is 0 Å². The lowest BCUT2D eigenvalue weighted by atomic mass is 10.1. The molecule has 2 aromatic carbocycles. The fraction of sp³-hybridized carbons (Fsp3) is 0.304. The second kappa shape index (κ2) is 8.55. The zero-order valence-electron chi connectivity index (χ0n) is 16.8. The van der Waals surface area contributed by atoms with Gasteiger partial charge in [0.25, 0.3) is 5.91 Å². The summed E-state index contributed by atoms with van der Waals surface area (Å²) in [4.78, 5) is 31.8. The smallest absolute Gasteiger partial charge is 0.337 e. The summed E-state index contributed by atoms with van der Waals surface area (Å²) in [5.41, 5.74) is 0.829. The van der Waals surface area contributed by atoms with E-state index < -0.39 is 11.7 Å². The number of fused-ring (bicyclic) bond motifs is 1. The van der Waals surface area contributed by atoms with Crippen molar-refractivity contribution in [3.63, 3.8) is 0 Å². The first-order valence-corrected chi connectivity index (χ1v) is 10.1. The molecule has 1 fully saturated rings. The Bertz CT molecular complexity index is 1140. The van der Waals surface area contributed by atoms with Crippen LogP contribution in [0, 0.1) is 0 Å². The van der Waals surface area contributed by atoms with E-state index in [0.29, 0.717) is 42.6 Å². The number of pyridine rings is 1. The summed E-state index contributed by atoms with van der Waals surface area (Å²) in [6.45, 7) is 2.91. The number of hydrogen-bond donors (Lipinski definition) is 1. The molecule has 0 spiro atoms. The van der Waals surface area contributed by atoms with Crippen molar-refractivity contribution in [1.29, 1.82) is 0 Å². The molecule has 0 unspecified atom stereocenters. The van der Waals surface area contributed by atoms with E-state index in [1.165, 1.54) is 18.2 Å². The van der Waals surface area contributed by atoms with Crippen LogP contribution in [0.15, 0.2) is 59.4 Å². The summed E-state index contributed by atoms with van der Waals surface area (Å²) in [6.07, 6.45) is -3.60. The van der Waals surface area contributed by atoms with Gasteiger partial charge in [0.05, 0.1) is 11.1 Å². The maximum absolute atomic E-state index is 13.2. The Morgan fingerprint density at radius 1 is 0.968 bits per heavy atom. The van der Waals surface area contributed by atoms with Crippen LogP contribution < -0.4 is 5.56 Å². The normalized spacial score (nSPS) is 15.8. The number of hydrogen-bond acceptors (Lipinski definition) is 3. The highest BCUT2D eigenvalue weighted by Gasteiger charge is 2.30. The number of aromatic amines is 1. The number of H-pyrrole nitrogens is 1. The minimum absolute atomic E-state index is 0.182. The summed E-state index contributed by atoms with van der Waals surface area (Å²) in [5.74, 6) is -0.182. The second-order valence-electron chi connectivity index (χ2n) is 7.71. The highest BCUT2D eigenvalue weighted by atomic mass is 19.4. The topological polar surface area (TPSA) is 56.4 Å². The van der Waals surface area contributed by atoms with Crippen LogP contribution in [0.25, 0.3) is 10.9 Å². The summed E-state index contributed by atoms with van der Waals surface area (Å²) in [5, 5.41) is 0.706. The molecule has 0 atom stereocenters. The third kappa shape index (κ3) is 4.80. The molecule has 0 aliphatic carbocycles. The zero-order chi connectivity index (χ0) is 22.0. The molecule has 1 aromatic heterocycles. The number of carbonyl (C=O) groups is 1. The Kier molecular flexibility index (Phi) is 5.82. The van der Waals surface area contributed by atoms with E-state index >= 15 is 0 Å². The fourth-order valence-electron chi connectivity index (χ4n) is 3.94. The van der Waals surface area contributed by atoms with Crippen LogP contribution in [0.2, 0.25) is 0 Å². The van der Waals surface area contributed by atoms with Gasteiger partial charge in [0.1, 0.15) is 0 Å². The van der Waals surface area contributed by atoms with E-state index in [4.69, 9.17) is 0 Å². The first-order valence-electron chi connectivity index (χ1n) is 10.1. The molecule has 0 radical (unpaired) electrons. The Morgan fingerprint density at radius 2 is 1.71 bits per heavy atom. The quantitative estimate of drug-likeness (QED) is 0.687. The molecule has 31 heavy (non-hydrogen) atoms. The molecule has 5 nitrogen and oxygen atoms in total. The minimum Gasteiger partial charge on any atom is -0.337 e. The summed E-state index contributed by atoms with van der Waals surface area (Å²) in [6, 6.07) is 13.7. The predicted octanol–water partition coefficient (Wildman–Crippen LogP) is 3.90. The molecule has 3 aromatic rings. The van der Waals surface area contributed by atoms with Crippen molar-refractivity contribution in [2.45, 2.75) is 19.1 Å². The maximum atomic E-state index is 13.2. The molecule has 1 N–H and O–H groups in total. The van der Waals surface area contributed by atoms with Crippen LogP contribution in [0.3, 0.4) is 0 Å². The van der Waals surface area contributed by atoms with Crippen molar-refractivity contribution in [1.82, 2.24) is 14.8 Å². The van der Waals surface area contributed by atoms with E-state index in [2.05, 4.69) is 9.88 Å². The van der Waals surface area contributed by atoms with Gasteiger partial charge in [-0.25, -0.2) is 0 Å². The predicted molar refractivity (Wildman–Crippen MR) is 112 cm³/mol. The third-order valence-electron chi connectivity index (χ3n) is 5.54. The molecule has 0 bridgehead atoms. The van der Waals surface area contributed by atoms with Crippen LogP contribution >= 0.6 is 0 Å². The highest BCUT2D eigenvalue weighted by molar-refractivity contribution is 6.05. The van der Waals surface area contributed by atoms with E-state index in [1.54, 1.807) is 17.0 Å². The van der Waals surface area contributed by atoms with Crippen molar-refractivity contribution in [2.75, 3.05) is 26.2 Å². The number of carbonyl (C=O) groups excluding carboxylic acids is 1. The van der Waals surface area contributed by atoms with E-state index in [-0.39, 0.29) is 11.5 Å². The monoisotopic (exact) mass is 429 g/mol. The largest absolute Gasteiger partial charge is 0.416 e. The number of halogens is 3. The average molecular weight is 429 g/mol. The van der Waals surface area contributed by atoms with Crippen LogP contribution in [-0.2, 0) is 12.7 Å². The van der Waals surface area contributed by atoms with Gasteiger partial charge in [0.2, 0.25) is 5.56 Å². The molecule has 8 heteroatoms. The molecular formula is C23H22F3N3O2. The van der Waals surface area contributed by atoms with Crippen LogP contribution in [0.1, 0.15) is 27.9 Å². The molecule has 1 saturated heterocycles. The number of rotatable bonds is 3. The van der Waals surface area contributed by atoms with Crippen LogP contribution in [0.4, 0.5) is 13.2 Å². The third-order valence-corrected chi connectivity index (χ3v) is 5.54.